The number of urea groups is 1. The lowest BCUT2D eigenvalue weighted by atomic mass is 9.91. The largest absolute Gasteiger partial charge is 0.325 e. The Kier molecular flexibility index (Phi) is 3.64. The van der Waals surface area contributed by atoms with E-state index in [9.17, 15) is 18.4 Å². The van der Waals surface area contributed by atoms with E-state index in [1.54, 1.807) is 6.92 Å². The first-order valence-corrected chi connectivity index (χ1v) is 6.29. The number of halogens is 2. The SMILES string of the molecule is C[C@@H](C#N)CN1C(=O)N[C@](C)(c2cc(F)ccc2F)C1=O. The van der Waals surface area contributed by atoms with E-state index in [2.05, 4.69) is 5.32 Å². The van der Waals surface area contributed by atoms with Gasteiger partial charge in [0.05, 0.1) is 12.0 Å². The van der Waals surface area contributed by atoms with Gasteiger partial charge in [-0.05, 0) is 32.0 Å². The summed E-state index contributed by atoms with van der Waals surface area (Å²) in [6, 6.07) is 3.89. The highest BCUT2D eigenvalue weighted by atomic mass is 19.1. The average molecular weight is 293 g/mol. The van der Waals surface area contributed by atoms with Crippen LogP contribution in [0.4, 0.5) is 13.6 Å². The topological polar surface area (TPSA) is 73.2 Å². The number of rotatable bonds is 3. The molecule has 3 amide bonds. The molecule has 1 aromatic rings. The predicted octanol–water partition coefficient (Wildman–Crippen LogP) is 1.89. The molecule has 1 fully saturated rings. The summed E-state index contributed by atoms with van der Waals surface area (Å²) in [6.45, 7) is 2.76. The smallest absolute Gasteiger partial charge is 0.319 e. The standard InChI is InChI=1S/C14H13F2N3O2/c1-8(6-17)7-19-12(20)14(2,18-13(19)21)10-5-9(15)3-4-11(10)16/h3-5,8H,7H2,1-2H3,(H,18,21)/t8-,14+/m0/s1. The Morgan fingerprint density at radius 1 is 1.43 bits per heavy atom. The number of benzene rings is 1. The van der Waals surface area contributed by atoms with Crippen molar-refractivity contribution < 1.29 is 18.4 Å². The van der Waals surface area contributed by atoms with Crippen LogP contribution in [0.2, 0.25) is 0 Å². The summed E-state index contributed by atoms with van der Waals surface area (Å²) >= 11 is 0. The van der Waals surface area contributed by atoms with E-state index in [0.717, 1.165) is 23.1 Å². The first kappa shape index (κ1) is 14.9. The average Bonchev–Trinajstić information content (AvgIpc) is 2.65. The maximum Gasteiger partial charge on any atom is 0.325 e. The number of imide groups is 1. The molecule has 1 aliphatic heterocycles. The van der Waals surface area contributed by atoms with Crippen LogP contribution in [0.5, 0.6) is 0 Å². The fourth-order valence-corrected chi connectivity index (χ4v) is 2.24. The van der Waals surface area contributed by atoms with Crippen LogP contribution in [-0.4, -0.2) is 23.4 Å². The third-order valence-electron chi connectivity index (χ3n) is 3.42. The van der Waals surface area contributed by atoms with Crippen LogP contribution in [-0.2, 0) is 10.3 Å². The minimum Gasteiger partial charge on any atom is -0.319 e. The van der Waals surface area contributed by atoms with Gasteiger partial charge >= 0.3 is 6.03 Å². The molecule has 7 heteroatoms. The highest BCUT2D eigenvalue weighted by Crippen LogP contribution is 2.31. The van der Waals surface area contributed by atoms with Crippen molar-refractivity contribution in [1.82, 2.24) is 10.2 Å². The Balaban J connectivity index is 2.41. The minimum absolute atomic E-state index is 0.103. The van der Waals surface area contributed by atoms with Crippen LogP contribution in [0.25, 0.3) is 0 Å². The Morgan fingerprint density at radius 2 is 2.10 bits per heavy atom. The predicted molar refractivity (Wildman–Crippen MR) is 68.7 cm³/mol. The Morgan fingerprint density at radius 3 is 2.71 bits per heavy atom. The quantitative estimate of drug-likeness (QED) is 0.865. The van der Waals surface area contributed by atoms with Crippen molar-refractivity contribution in [2.24, 2.45) is 5.92 Å². The van der Waals surface area contributed by atoms with Crippen LogP contribution < -0.4 is 5.32 Å². The van der Waals surface area contributed by atoms with Crippen LogP contribution in [0.3, 0.4) is 0 Å². The van der Waals surface area contributed by atoms with E-state index in [1.165, 1.54) is 6.92 Å². The maximum atomic E-state index is 13.9. The molecule has 0 unspecified atom stereocenters. The minimum atomic E-state index is -1.68. The first-order chi connectivity index (χ1) is 9.79. The van der Waals surface area contributed by atoms with Crippen molar-refractivity contribution in [3.05, 3.63) is 35.4 Å². The molecular weight excluding hydrogens is 280 g/mol. The third kappa shape index (κ3) is 2.44. The zero-order valence-corrected chi connectivity index (χ0v) is 11.5. The number of nitrogens with one attached hydrogen (secondary N) is 1. The summed E-state index contributed by atoms with van der Waals surface area (Å²) in [4.78, 5) is 25.1. The number of carbonyl (C=O) groups excluding carboxylic acids is 2. The van der Waals surface area contributed by atoms with Crippen LogP contribution in [0, 0.1) is 28.9 Å². The molecule has 21 heavy (non-hydrogen) atoms. The van der Waals surface area contributed by atoms with Crippen molar-refractivity contribution in [3.8, 4) is 6.07 Å². The number of nitriles is 1. The number of hydrogen-bond donors (Lipinski definition) is 1. The number of amides is 3. The van der Waals surface area contributed by atoms with Crippen LogP contribution in [0.1, 0.15) is 19.4 Å². The molecule has 1 aromatic carbocycles. The molecule has 1 heterocycles. The molecule has 0 spiro atoms. The van der Waals surface area contributed by atoms with E-state index < -0.39 is 35.0 Å². The molecule has 110 valence electrons. The monoisotopic (exact) mass is 293 g/mol. The van der Waals surface area contributed by atoms with E-state index >= 15 is 0 Å². The molecule has 1 N–H and O–H groups in total. The number of nitrogens with zero attached hydrogens (tertiary/aromatic N) is 2. The van der Waals surface area contributed by atoms with Gasteiger partial charge in [0.15, 0.2) is 0 Å². The highest BCUT2D eigenvalue weighted by Gasteiger charge is 2.50. The summed E-state index contributed by atoms with van der Waals surface area (Å²) in [6.07, 6.45) is 0. The van der Waals surface area contributed by atoms with Gasteiger partial charge in [-0.25, -0.2) is 13.6 Å². The van der Waals surface area contributed by atoms with Crippen molar-refractivity contribution in [3.63, 3.8) is 0 Å². The van der Waals surface area contributed by atoms with Gasteiger partial charge in [0, 0.05) is 12.1 Å². The molecule has 2 atom stereocenters. The molecule has 2 rings (SSSR count). The summed E-state index contributed by atoms with van der Waals surface area (Å²) in [7, 11) is 0. The van der Waals surface area contributed by atoms with Gasteiger partial charge in [0.1, 0.15) is 17.2 Å². The molecule has 0 radical (unpaired) electrons. The lowest BCUT2D eigenvalue weighted by molar-refractivity contribution is -0.131. The zero-order valence-electron chi connectivity index (χ0n) is 11.5. The van der Waals surface area contributed by atoms with Crippen molar-refractivity contribution in [1.29, 1.82) is 5.26 Å². The number of hydrogen-bond acceptors (Lipinski definition) is 3. The third-order valence-corrected chi connectivity index (χ3v) is 3.42. The molecular formula is C14H13F2N3O2. The van der Waals surface area contributed by atoms with Gasteiger partial charge in [-0.2, -0.15) is 5.26 Å². The lowest BCUT2D eigenvalue weighted by Gasteiger charge is -2.23. The lowest BCUT2D eigenvalue weighted by Crippen LogP contribution is -2.42. The summed E-state index contributed by atoms with van der Waals surface area (Å²) < 4.78 is 27.2. The molecule has 0 saturated carbocycles. The maximum absolute atomic E-state index is 13.9. The van der Waals surface area contributed by atoms with E-state index in [-0.39, 0.29) is 12.1 Å². The van der Waals surface area contributed by atoms with Gasteiger partial charge in [-0.1, -0.05) is 0 Å². The molecule has 1 saturated heterocycles. The summed E-state index contributed by atoms with van der Waals surface area (Å²) in [5.41, 5.74) is -1.92. The molecule has 0 aromatic heterocycles. The molecule has 0 aliphatic carbocycles. The molecule has 5 nitrogen and oxygen atoms in total. The second kappa shape index (κ2) is 5.13. The molecule has 0 bridgehead atoms. The van der Waals surface area contributed by atoms with E-state index in [0.29, 0.717) is 0 Å². The highest BCUT2D eigenvalue weighted by molar-refractivity contribution is 6.07. The fraction of sp³-hybridized carbons (Fsp3) is 0.357. The van der Waals surface area contributed by atoms with Crippen molar-refractivity contribution in [2.45, 2.75) is 19.4 Å². The van der Waals surface area contributed by atoms with Gasteiger partial charge < -0.3 is 5.32 Å². The van der Waals surface area contributed by atoms with Crippen LogP contribution >= 0.6 is 0 Å². The number of carbonyl (C=O) groups is 2. The van der Waals surface area contributed by atoms with Gasteiger partial charge in [0.2, 0.25) is 0 Å². The fourth-order valence-electron chi connectivity index (χ4n) is 2.24. The van der Waals surface area contributed by atoms with Gasteiger partial charge in [-0.15, -0.1) is 0 Å². The summed E-state index contributed by atoms with van der Waals surface area (Å²) in [5, 5.41) is 11.1. The van der Waals surface area contributed by atoms with E-state index in [1.807, 2.05) is 6.07 Å². The second-order valence-electron chi connectivity index (χ2n) is 5.13. The van der Waals surface area contributed by atoms with Gasteiger partial charge in [-0.3, -0.25) is 9.69 Å². The van der Waals surface area contributed by atoms with Crippen LogP contribution in [0.15, 0.2) is 18.2 Å². The summed E-state index contributed by atoms with van der Waals surface area (Å²) in [5.74, 6) is -2.76. The van der Waals surface area contributed by atoms with E-state index in [4.69, 9.17) is 5.26 Å². The Hall–Kier alpha value is -2.49. The zero-order chi connectivity index (χ0) is 15.8. The second-order valence-corrected chi connectivity index (χ2v) is 5.13. The molecule has 1 aliphatic rings. The Bertz CT molecular complexity index is 656. The van der Waals surface area contributed by atoms with Crippen molar-refractivity contribution in [2.75, 3.05) is 6.54 Å². The first-order valence-electron chi connectivity index (χ1n) is 6.29. The van der Waals surface area contributed by atoms with Crippen molar-refractivity contribution >= 4 is 11.9 Å². The van der Waals surface area contributed by atoms with Gasteiger partial charge in [0.25, 0.3) is 5.91 Å². The normalized spacial score (nSPS) is 22.9. The Labute approximate surface area is 120 Å².